The first-order valence-electron chi connectivity index (χ1n) is 5.19. The van der Waals surface area contributed by atoms with E-state index >= 15 is 0 Å². The second kappa shape index (κ2) is 5.48. The summed E-state index contributed by atoms with van der Waals surface area (Å²) in [4.78, 5) is 0. The first-order chi connectivity index (χ1) is 6.74. The summed E-state index contributed by atoms with van der Waals surface area (Å²) in [5, 5.41) is 9.13. The van der Waals surface area contributed by atoms with Gasteiger partial charge in [-0.25, -0.2) is 0 Å². The minimum atomic E-state index is 0.332. The molecule has 1 aromatic carbocycles. The smallest absolute Gasteiger partial charge is 0.115 e. The highest BCUT2D eigenvalue weighted by Crippen LogP contribution is 2.19. The molecule has 0 spiro atoms. The quantitative estimate of drug-likeness (QED) is 0.715. The molecule has 1 atom stereocenters. The van der Waals surface area contributed by atoms with E-state index in [2.05, 4.69) is 26.0 Å². The maximum atomic E-state index is 9.13. The van der Waals surface area contributed by atoms with E-state index in [9.17, 15) is 0 Å². The van der Waals surface area contributed by atoms with Crippen LogP contribution in [0.3, 0.4) is 0 Å². The molecule has 0 aliphatic heterocycles. The van der Waals surface area contributed by atoms with Crippen LogP contribution in [0.1, 0.15) is 38.2 Å². The van der Waals surface area contributed by atoms with Gasteiger partial charge in [-0.3, -0.25) is 0 Å². The third-order valence-corrected chi connectivity index (χ3v) is 2.30. The Hall–Kier alpha value is -1.24. The van der Waals surface area contributed by atoms with Crippen molar-refractivity contribution in [3.63, 3.8) is 0 Å². The van der Waals surface area contributed by atoms with Crippen LogP contribution >= 0.6 is 0 Å². The Balaban J connectivity index is 2.60. The van der Waals surface area contributed by atoms with Crippen LogP contribution in [0.4, 0.5) is 0 Å². The number of hydrogen-bond donors (Lipinski definition) is 1. The van der Waals surface area contributed by atoms with Gasteiger partial charge in [-0.2, -0.15) is 0 Å². The number of rotatable bonds is 4. The molecular formula is C13H18O. The molecule has 0 aromatic heterocycles. The van der Waals surface area contributed by atoms with Gasteiger partial charge < -0.3 is 5.11 Å². The predicted molar refractivity (Wildman–Crippen MR) is 60.6 cm³/mol. The fraction of sp³-hybridized carbons (Fsp3) is 0.385. The molecule has 0 bridgehead atoms. The Morgan fingerprint density at radius 3 is 2.50 bits per heavy atom. The van der Waals surface area contributed by atoms with E-state index < -0.39 is 0 Å². The third-order valence-electron chi connectivity index (χ3n) is 2.30. The van der Waals surface area contributed by atoms with Crippen molar-refractivity contribution < 1.29 is 5.11 Å². The van der Waals surface area contributed by atoms with E-state index in [1.54, 1.807) is 12.1 Å². The lowest BCUT2D eigenvalue weighted by Gasteiger charge is -2.06. The van der Waals surface area contributed by atoms with Gasteiger partial charge in [-0.1, -0.05) is 44.6 Å². The van der Waals surface area contributed by atoms with Crippen LogP contribution in [0.2, 0.25) is 0 Å². The van der Waals surface area contributed by atoms with Crippen LogP contribution in [-0.2, 0) is 0 Å². The zero-order chi connectivity index (χ0) is 10.4. The number of phenols is 1. The standard InChI is InChI=1S/C13H18O/c1-3-4-5-6-11(2)12-7-9-13(14)10-8-12/h5-11,14H,3-4H2,1-2H3. The molecule has 1 heteroatoms. The summed E-state index contributed by atoms with van der Waals surface area (Å²) in [6, 6.07) is 7.41. The van der Waals surface area contributed by atoms with Gasteiger partial charge >= 0.3 is 0 Å². The molecule has 1 nitrogen and oxygen atoms in total. The lowest BCUT2D eigenvalue weighted by Crippen LogP contribution is -1.87. The summed E-state index contributed by atoms with van der Waals surface area (Å²) in [5.41, 5.74) is 1.25. The number of benzene rings is 1. The predicted octanol–water partition coefficient (Wildman–Crippen LogP) is 3.85. The highest BCUT2D eigenvalue weighted by Gasteiger charge is 1.99. The van der Waals surface area contributed by atoms with E-state index in [-0.39, 0.29) is 0 Å². The molecule has 0 amide bonds. The van der Waals surface area contributed by atoms with Gasteiger partial charge in [0, 0.05) is 0 Å². The summed E-state index contributed by atoms with van der Waals surface area (Å²) in [5.74, 6) is 0.764. The molecule has 14 heavy (non-hydrogen) atoms. The Kier molecular flexibility index (Phi) is 4.24. The third kappa shape index (κ3) is 3.25. The number of hydrogen-bond acceptors (Lipinski definition) is 1. The van der Waals surface area contributed by atoms with Crippen molar-refractivity contribution in [2.75, 3.05) is 0 Å². The Morgan fingerprint density at radius 1 is 1.29 bits per heavy atom. The van der Waals surface area contributed by atoms with Gasteiger partial charge in [0.15, 0.2) is 0 Å². The van der Waals surface area contributed by atoms with Crippen LogP contribution < -0.4 is 0 Å². The molecule has 0 saturated carbocycles. The van der Waals surface area contributed by atoms with Crippen molar-refractivity contribution >= 4 is 0 Å². The van der Waals surface area contributed by atoms with Gasteiger partial charge in [0.05, 0.1) is 0 Å². The van der Waals surface area contributed by atoms with Crippen LogP contribution in [0, 0.1) is 0 Å². The van der Waals surface area contributed by atoms with E-state index in [1.807, 2.05) is 12.1 Å². The topological polar surface area (TPSA) is 20.2 Å². The van der Waals surface area contributed by atoms with Gasteiger partial charge in [0.25, 0.3) is 0 Å². The fourth-order valence-electron chi connectivity index (χ4n) is 1.36. The normalized spacial score (nSPS) is 13.3. The van der Waals surface area contributed by atoms with Crippen molar-refractivity contribution in [3.8, 4) is 5.75 Å². The Morgan fingerprint density at radius 2 is 1.93 bits per heavy atom. The van der Waals surface area contributed by atoms with Gasteiger partial charge in [-0.15, -0.1) is 0 Å². The largest absolute Gasteiger partial charge is 0.508 e. The SMILES string of the molecule is CCCC=CC(C)c1ccc(O)cc1. The van der Waals surface area contributed by atoms with Crippen LogP contribution in [-0.4, -0.2) is 5.11 Å². The maximum absolute atomic E-state index is 9.13. The molecule has 0 aliphatic carbocycles. The highest BCUT2D eigenvalue weighted by atomic mass is 16.3. The maximum Gasteiger partial charge on any atom is 0.115 e. The first kappa shape index (κ1) is 10.8. The van der Waals surface area contributed by atoms with Crippen molar-refractivity contribution in [3.05, 3.63) is 42.0 Å². The summed E-state index contributed by atoms with van der Waals surface area (Å²) < 4.78 is 0. The molecule has 1 rings (SSSR count). The van der Waals surface area contributed by atoms with Gasteiger partial charge in [-0.05, 0) is 30.0 Å². The zero-order valence-electron chi connectivity index (χ0n) is 8.90. The molecular weight excluding hydrogens is 172 g/mol. The second-order valence-corrected chi connectivity index (χ2v) is 3.60. The van der Waals surface area contributed by atoms with E-state index in [0.717, 1.165) is 6.42 Å². The monoisotopic (exact) mass is 190 g/mol. The lowest BCUT2D eigenvalue weighted by molar-refractivity contribution is 0.475. The van der Waals surface area contributed by atoms with Gasteiger partial charge in [0.1, 0.15) is 5.75 Å². The molecule has 0 radical (unpaired) electrons. The fourth-order valence-corrected chi connectivity index (χ4v) is 1.36. The van der Waals surface area contributed by atoms with Crippen molar-refractivity contribution in [1.29, 1.82) is 0 Å². The van der Waals surface area contributed by atoms with Crippen LogP contribution in [0.5, 0.6) is 5.75 Å². The highest BCUT2D eigenvalue weighted by molar-refractivity contribution is 5.29. The number of unbranched alkanes of at least 4 members (excludes halogenated alkanes) is 1. The van der Waals surface area contributed by atoms with E-state index in [1.165, 1.54) is 12.0 Å². The minimum Gasteiger partial charge on any atom is -0.508 e. The van der Waals surface area contributed by atoms with Crippen LogP contribution in [0.15, 0.2) is 36.4 Å². The van der Waals surface area contributed by atoms with Gasteiger partial charge in [0.2, 0.25) is 0 Å². The minimum absolute atomic E-state index is 0.332. The molecule has 1 aromatic rings. The average molecular weight is 190 g/mol. The zero-order valence-corrected chi connectivity index (χ0v) is 8.90. The molecule has 0 heterocycles. The first-order valence-corrected chi connectivity index (χ1v) is 5.19. The van der Waals surface area contributed by atoms with Crippen molar-refractivity contribution in [2.45, 2.75) is 32.6 Å². The number of aromatic hydroxyl groups is 1. The molecule has 0 saturated heterocycles. The van der Waals surface area contributed by atoms with Crippen LogP contribution in [0.25, 0.3) is 0 Å². The van der Waals surface area contributed by atoms with E-state index in [0.29, 0.717) is 11.7 Å². The number of phenolic OH excluding ortho intramolecular Hbond substituents is 1. The molecule has 0 aliphatic rings. The van der Waals surface area contributed by atoms with Crippen molar-refractivity contribution in [2.24, 2.45) is 0 Å². The Labute approximate surface area is 86.1 Å². The van der Waals surface area contributed by atoms with E-state index in [4.69, 9.17) is 5.11 Å². The lowest BCUT2D eigenvalue weighted by atomic mass is 10.0. The molecule has 1 unspecified atom stereocenters. The average Bonchev–Trinajstić information content (AvgIpc) is 2.19. The second-order valence-electron chi connectivity index (χ2n) is 3.60. The Bertz CT molecular complexity index is 285. The number of allylic oxidation sites excluding steroid dienone is 2. The molecule has 76 valence electrons. The summed E-state index contributed by atoms with van der Waals surface area (Å²) in [6.07, 6.45) is 6.77. The molecule has 0 fully saturated rings. The van der Waals surface area contributed by atoms with Crippen molar-refractivity contribution in [1.82, 2.24) is 0 Å². The molecule has 1 N–H and O–H groups in total. The summed E-state index contributed by atoms with van der Waals surface area (Å²) >= 11 is 0. The summed E-state index contributed by atoms with van der Waals surface area (Å²) in [6.45, 7) is 4.34. The summed E-state index contributed by atoms with van der Waals surface area (Å²) in [7, 11) is 0.